The van der Waals surface area contributed by atoms with Gasteiger partial charge in [0.25, 0.3) is 0 Å². The fourth-order valence-electron chi connectivity index (χ4n) is 2.87. The molecule has 0 amide bonds. The topological polar surface area (TPSA) is 48.9 Å². The van der Waals surface area contributed by atoms with E-state index < -0.39 is 0 Å². The molecule has 1 atom stereocenters. The third kappa shape index (κ3) is 7.98. The number of rotatable bonds is 5. The monoisotopic (exact) mass is 494 g/mol. The van der Waals surface area contributed by atoms with Crippen LogP contribution in [0, 0.1) is 0 Å². The molecule has 1 aliphatic heterocycles. The zero-order valence-corrected chi connectivity index (χ0v) is 19.3. The number of hydrogen-bond acceptors (Lipinski definition) is 3. The van der Waals surface area contributed by atoms with Gasteiger partial charge in [0.2, 0.25) is 0 Å². The number of ether oxygens (including phenoxy) is 1. The molecule has 2 rings (SSSR count). The summed E-state index contributed by atoms with van der Waals surface area (Å²) in [7, 11) is 0. The Labute approximate surface area is 179 Å². The standard InChI is InChI=1S/C19H31ClN4O.HI/c1-5-21-18(23-19(2,3)4)22-14-17(24-9-11-25-12-10-24)15-7-6-8-16(20)13-15;/h6-8,13,17H,5,9-12,14H2,1-4H3,(H2,21,22,23);1H. The summed E-state index contributed by atoms with van der Waals surface area (Å²) >= 11 is 6.22. The summed E-state index contributed by atoms with van der Waals surface area (Å²) in [5, 5.41) is 7.54. The van der Waals surface area contributed by atoms with E-state index >= 15 is 0 Å². The smallest absolute Gasteiger partial charge is 0.191 e. The van der Waals surface area contributed by atoms with Crippen molar-refractivity contribution in [1.82, 2.24) is 15.5 Å². The molecule has 2 N–H and O–H groups in total. The lowest BCUT2D eigenvalue weighted by Gasteiger charge is -2.34. The molecular formula is C19H32ClIN4O. The second kappa shape index (κ2) is 11.3. The SMILES string of the molecule is CCNC(=NCC(c1cccc(Cl)c1)N1CCOCC1)NC(C)(C)C.I. The average Bonchev–Trinajstić information content (AvgIpc) is 2.55. The van der Waals surface area contributed by atoms with E-state index in [0.29, 0.717) is 6.54 Å². The highest BCUT2D eigenvalue weighted by Gasteiger charge is 2.23. The van der Waals surface area contributed by atoms with Crippen LogP contribution in [0.2, 0.25) is 5.02 Å². The highest BCUT2D eigenvalue weighted by molar-refractivity contribution is 14.0. The Hall–Kier alpha value is -0.570. The van der Waals surface area contributed by atoms with Gasteiger partial charge in [0.1, 0.15) is 0 Å². The van der Waals surface area contributed by atoms with E-state index in [2.05, 4.69) is 49.3 Å². The van der Waals surface area contributed by atoms with Crippen LogP contribution in [0.1, 0.15) is 39.3 Å². The summed E-state index contributed by atoms with van der Waals surface area (Å²) < 4.78 is 5.51. The molecule has 5 nitrogen and oxygen atoms in total. The molecule has 1 heterocycles. The van der Waals surface area contributed by atoms with Crippen LogP contribution < -0.4 is 10.6 Å². The predicted molar refractivity (Wildman–Crippen MR) is 121 cm³/mol. The molecule has 1 aliphatic rings. The molecule has 0 bridgehead atoms. The summed E-state index contributed by atoms with van der Waals surface area (Å²) in [4.78, 5) is 7.28. The fraction of sp³-hybridized carbons (Fsp3) is 0.632. The lowest BCUT2D eigenvalue weighted by atomic mass is 10.0. The second-order valence-electron chi connectivity index (χ2n) is 7.31. The third-order valence-corrected chi connectivity index (χ3v) is 4.21. The summed E-state index contributed by atoms with van der Waals surface area (Å²) in [6, 6.07) is 8.29. The fourth-order valence-corrected chi connectivity index (χ4v) is 3.07. The molecule has 26 heavy (non-hydrogen) atoms. The van der Waals surface area contributed by atoms with Crippen LogP contribution >= 0.6 is 35.6 Å². The number of halogens is 2. The van der Waals surface area contributed by atoms with Gasteiger partial charge >= 0.3 is 0 Å². The maximum atomic E-state index is 6.22. The zero-order chi connectivity index (χ0) is 18.3. The number of benzene rings is 1. The number of aliphatic imine (C=N–C) groups is 1. The number of morpholine rings is 1. The molecular weight excluding hydrogens is 463 g/mol. The van der Waals surface area contributed by atoms with E-state index in [-0.39, 0.29) is 35.6 Å². The van der Waals surface area contributed by atoms with Crippen molar-refractivity contribution in [3.63, 3.8) is 0 Å². The summed E-state index contributed by atoms with van der Waals surface area (Å²) in [6.45, 7) is 13.3. The van der Waals surface area contributed by atoms with E-state index in [4.69, 9.17) is 21.3 Å². The number of hydrogen-bond donors (Lipinski definition) is 2. The lowest BCUT2D eigenvalue weighted by molar-refractivity contribution is 0.0179. The average molecular weight is 495 g/mol. The van der Waals surface area contributed by atoms with Gasteiger partial charge in [-0.15, -0.1) is 24.0 Å². The molecule has 1 saturated heterocycles. The first-order valence-electron chi connectivity index (χ1n) is 9.03. The molecule has 0 aliphatic carbocycles. The molecule has 0 radical (unpaired) electrons. The van der Waals surface area contributed by atoms with Crippen LogP contribution in [0.25, 0.3) is 0 Å². The van der Waals surface area contributed by atoms with Crippen LogP contribution in [-0.2, 0) is 4.74 Å². The van der Waals surface area contributed by atoms with Crippen LogP contribution in [-0.4, -0.2) is 55.8 Å². The minimum absolute atomic E-state index is 0. The van der Waals surface area contributed by atoms with Gasteiger partial charge in [0.05, 0.1) is 25.8 Å². The zero-order valence-electron chi connectivity index (χ0n) is 16.2. The van der Waals surface area contributed by atoms with Crippen molar-refractivity contribution >= 4 is 41.5 Å². The number of guanidine groups is 1. The van der Waals surface area contributed by atoms with Crippen molar-refractivity contribution < 1.29 is 4.74 Å². The largest absolute Gasteiger partial charge is 0.379 e. The van der Waals surface area contributed by atoms with Crippen LogP contribution in [0.15, 0.2) is 29.3 Å². The molecule has 0 saturated carbocycles. The van der Waals surface area contributed by atoms with Crippen molar-refractivity contribution in [2.45, 2.75) is 39.3 Å². The van der Waals surface area contributed by atoms with Gasteiger partial charge in [0, 0.05) is 30.2 Å². The van der Waals surface area contributed by atoms with E-state index in [1.165, 1.54) is 5.56 Å². The molecule has 148 valence electrons. The Bertz CT molecular complexity index is 571. The molecule has 1 unspecified atom stereocenters. The summed E-state index contributed by atoms with van der Waals surface area (Å²) in [6.07, 6.45) is 0. The van der Waals surface area contributed by atoms with Gasteiger partial charge < -0.3 is 15.4 Å². The first kappa shape index (κ1) is 23.5. The van der Waals surface area contributed by atoms with E-state index in [1.807, 2.05) is 18.2 Å². The maximum absolute atomic E-state index is 6.22. The van der Waals surface area contributed by atoms with Crippen LogP contribution in [0.4, 0.5) is 0 Å². The Balaban J connectivity index is 0.00000338. The lowest BCUT2D eigenvalue weighted by Crippen LogP contribution is -2.48. The highest BCUT2D eigenvalue weighted by atomic mass is 127. The molecule has 1 fully saturated rings. The van der Waals surface area contributed by atoms with E-state index in [1.54, 1.807) is 0 Å². The van der Waals surface area contributed by atoms with Gasteiger partial charge in [-0.2, -0.15) is 0 Å². The van der Waals surface area contributed by atoms with Crippen molar-refractivity contribution in [2.75, 3.05) is 39.4 Å². The molecule has 0 aromatic heterocycles. The van der Waals surface area contributed by atoms with Gasteiger partial charge in [-0.05, 0) is 45.4 Å². The quantitative estimate of drug-likeness (QED) is 0.372. The van der Waals surface area contributed by atoms with Crippen molar-refractivity contribution in [1.29, 1.82) is 0 Å². The number of nitrogens with zero attached hydrogens (tertiary/aromatic N) is 2. The van der Waals surface area contributed by atoms with E-state index in [9.17, 15) is 0 Å². The normalized spacial score (nSPS) is 17.3. The number of nitrogens with one attached hydrogen (secondary N) is 2. The minimum atomic E-state index is -0.0362. The first-order chi connectivity index (χ1) is 11.9. The molecule has 1 aromatic rings. The maximum Gasteiger partial charge on any atom is 0.191 e. The first-order valence-corrected chi connectivity index (χ1v) is 9.40. The van der Waals surface area contributed by atoms with Gasteiger partial charge in [-0.3, -0.25) is 9.89 Å². The van der Waals surface area contributed by atoms with E-state index in [0.717, 1.165) is 43.8 Å². The predicted octanol–water partition coefficient (Wildman–Crippen LogP) is 3.68. The van der Waals surface area contributed by atoms with Crippen molar-refractivity contribution in [3.05, 3.63) is 34.9 Å². The third-order valence-electron chi connectivity index (χ3n) is 3.98. The van der Waals surface area contributed by atoms with Gasteiger partial charge in [0.15, 0.2) is 5.96 Å². The molecule has 1 aromatic carbocycles. The van der Waals surface area contributed by atoms with Gasteiger partial charge in [-0.25, -0.2) is 0 Å². The minimum Gasteiger partial charge on any atom is -0.379 e. The molecule has 7 heteroatoms. The Morgan fingerprint density at radius 3 is 2.58 bits per heavy atom. The molecule has 0 spiro atoms. The van der Waals surface area contributed by atoms with Gasteiger partial charge in [-0.1, -0.05) is 23.7 Å². The Morgan fingerprint density at radius 2 is 2.00 bits per heavy atom. The van der Waals surface area contributed by atoms with Crippen molar-refractivity contribution in [2.24, 2.45) is 4.99 Å². The van der Waals surface area contributed by atoms with Crippen molar-refractivity contribution in [3.8, 4) is 0 Å². The summed E-state index contributed by atoms with van der Waals surface area (Å²) in [5.41, 5.74) is 1.16. The van der Waals surface area contributed by atoms with Crippen LogP contribution in [0.5, 0.6) is 0 Å². The Morgan fingerprint density at radius 1 is 1.31 bits per heavy atom. The van der Waals surface area contributed by atoms with Crippen LogP contribution in [0.3, 0.4) is 0 Å². The highest BCUT2D eigenvalue weighted by Crippen LogP contribution is 2.24. The summed E-state index contributed by atoms with van der Waals surface area (Å²) in [5.74, 6) is 0.843. The second-order valence-corrected chi connectivity index (χ2v) is 7.75. The Kier molecular flexibility index (Phi) is 10.2.